The van der Waals surface area contributed by atoms with Crippen LogP contribution in [0.2, 0.25) is 0 Å². The highest BCUT2D eigenvalue weighted by atomic mass is 19.4. The Kier molecular flexibility index (Phi) is 4.36. The molecule has 0 aliphatic carbocycles. The van der Waals surface area contributed by atoms with Crippen molar-refractivity contribution in [2.75, 3.05) is 11.9 Å². The number of hydrogen-bond acceptors (Lipinski definition) is 4. The van der Waals surface area contributed by atoms with Gasteiger partial charge in [0.1, 0.15) is 0 Å². The van der Waals surface area contributed by atoms with E-state index < -0.39 is 17.8 Å². The lowest BCUT2D eigenvalue weighted by Crippen LogP contribution is -2.31. The van der Waals surface area contributed by atoms with Gasteiger partial charge >= 0.3 is 12.2 Å². The first-order valence-electron chi connectivity index (χ1n) is 5.90. The lowest BCUT2D eigenvalue weighted by atomic mass is 10.1. The average Bonchev–Trinajstić information content (AvgIpc) is 2.91. The molecule has 112 valence electrons. The molecule has 0 fully saturated rings. The zero-order valence-corrected chi connectivity index (χ0v) is 10.6. The van der Waals surface area contributed by atoms with Gasteiger partial charge in [0.15, 0.2) is 5.82 Å². The quantitative estimate of drug-likeness (QED) is 0.799. The van der Waals surface area contributed by atoms with E-state index in [2.05, 4.69) is 31.3 Å². The number of nitrogens with zero attached hydrogens (tertiary/aromatic N) is 3. The molecule has 0 aliphatic rings. The van der Waals surface area contributed by atoms with Crippen LogP contribution in [0.15, 0.2) is 24.3 Å². The summed E-state index contributed by atoms with van der Waals surface area (Å²) >= 11 is 0. The van der Waals surface area contributed by atoms with Gasteiger partial charge in [0.2, 0.25) is 0 Å². The van der Waals surface area contributed by atoms with Gasteiger partial charge in [-0.2, -0.15) is 18.4 Å². The lowest BCUT2D eigenvalue weighted by molar-refractivity contribution is -0.136. The summed E-state index contributed by atoms with van der Waals surface area (Å²) in [5, 5.41) is 17.5. The summed E-state index contributed by atoms with van der Waals surface area (Å²) in [4.78, 5) is 11.6. The van der Waals surface area contributed by atoms with Gasteiger partial charge in [-0.3, -0.25) is 0 Å². The summed E-state index contributed by atoms with van der Waals surface area (Å²) in [6, 6.07) is 4.00. The minimum atomic E-state index is -4.53. The summed E-state index contributed by atoms with van der Waals surface area (Å²) in [6.07, 6.45) is -4.22. The molecule has 0 atom stereocenters. The van der Waals surface area contributed by atoms with Gasteiger partial charge in [0, 0.05) is 13.0 Å². The van der Waals surface area contributed by atoms with E-state index in [1.54, 1.807) is 0 Å². The zero-order chi connectivity index (χ0) is 15.3. The number of urea groups is 1. The van der Waals surface area contributed by atoms with E-state index in [0.717, 1.165) is 6.07 Å². The van der Waals surface area contributed by atoms with Crippen molar-refractivity contribution >= 4 is 11.7 Å². The second-order valence-corrected chi connectivity index (χ2v) is 4.00. The van der Waals surface area contributed by atoms with Crippen LogP contribution < -0.4 is 10.6 Å². The molecule has 2 rings (SSSR count). The van der Waals surface area contributed by atoms with Crippen LogP contribution >= 0.6 is 0 Å². The third-order valence-electron chi connectivity index (χ3n) is 2.50. The number of anilines is 1. The minimum Gasteiger partial charge on any atom is -0.337 e. The standard InChI is InChI=1S/C11H11F3N6O/c12-11(13,14)7-3-1-2-4-8(7)16-10(21)15-6-5-9-17-19-20-18-9/h1-4H,5-6H2,(H2,15,16,21)(H,17,18,19,20). The number of alkyl halides is 3. The van der Waals surface area contributed by atoms with Crippen LogP contribution in [0.25, 0.3) is 0 Å². The Hall–Kier alpha value is -2.65. The first-order valence-corrected chi connectivity index (χ1v) is 5.90. The van der Waals surface area contributed by atoms with Gasteiger partial charge in [-0.15, -0.1) is 10.2 Å². The summed E-state index contributed by atoms with van der Waals surface area (Å²) in [5.74, 6) is 0.394. The molecule has 0 aliphatic heterocycles. The first kappa shape index (κ1) is 14.8. The number of rotatable bonds is 4. The molecular formula is C11H11F3N6O. The molecule has 1 aromatic carbocycles. The van der Waals surface area contributed by atoms with Crippen LogP contribution in [0.1, 0.15) is 11.4 Å². The summed E-state index contributed by atoms with van der Waals surface area (Å²) in [6.45, 7) is 0.166. The molecule has 2 aromatic rings. The largest absolute Gasteiger partial charge is 0.418 e. The van der Waals surface area contributed by atoms with E-state index in [0.29, 0.717) is 12.2 Å². The maximum absolute atomic E-state index is 12.7. The SMILES string of the molecule is O=C(NCCc1nn[nH]n1)Nc1ccccc1C(F)(F)F. The molecule has 0 saturated carbocycles. The van der Waals surface area contributed by atoms with E-state index in [1.165, 1.54) is 18.2 Å². The summed E-state index contributed by atoms with van der Waals surface area (Å²) in [5.41, 5.74) is -1.21. The Balaban J connectivity index is 1.91. The number of aromatic nitrogens is 4. The molecule has 7 nitrogen and oxygen atoms in total. The predicted octanol–water partition coefficient (Wildman–Crippen LogP) is 1.58. The second-order valence-electron chi connectivity index (χ2n) is 4.00. The normalized spacial score (nSPS) is 11.2. The average molecular weight is 300 g/mol. The molecule has 21 heavy (non-hydrogen) atoms. The number of tetrazole rings is 1. The van der Waals surface area contributed by atoms with Crippen molar-refractivity contribution in [3.63, 3.8) is 0 Å². The van der Waals surface area contributed by atoms with E-state index >= 15 is 0 Å². The van der Waals surface area contributed by atoms with Crippen molar-refractivity contribution in [3.8, 4) is 0 Å². The van der Waals surface area contributed by atoms with Gasteiger partial charge < -0.3 is 10.6 Å². The van der Waals surface area contributed by atoms with Crippen LogP contribution in [0.5, 0.6) is 0 Å². The maximum atomic E-state index is 12.7. The molecule has 0 radical (unpaired) electrons. The Morgan fingerprint density at radius 2 is 2.05 bits per heavy atom. The van der Waals surface area contributed by atoms with Crippen molar-refractivity contribution in [2.45, 2.75) is 12.6 Å². The highest BCUT2D eigenvalue weighted by molar-refractivity contribution is 5.90. The van der Waals surface area contributed by atoms with Crippen LogP contribution in [0.4, 0.5) is 23.7 Å². The molecule has 3 N–H and O–H groups in total. The number of halogens is 3. The summed E-state index contributed by atoms with van der Waals surface area (Å²) < 4.78 is 38.2. The summed E-state index contributed by atoms with van der Waals surface area (Å²) in [7, 11) is 0. The van der Waals surface area contributed by atoms with E-state index in [-0.39, 0.29) is 12.2 Å². The maximum Gasteiger partial charge on any atom is 0.418 e. The Morgan fingerprint density at radius 3 is 2.71 bits per heavy atom. The fourth-order valence-electron chi connectivity index (χ4n) is 1.58. The second kappa shape index (κ2) is 6.20. The van der Waals surface area contributed by atoms with Gasteiger partial charge in [-0.25, -0.2) is 4.79 Å². The van der Waals surface area contributed by atoms with Crippen molar-refractivity contribution in [3.05, 3.63) is 35.7 Å². The highest BCUT2D eigenvalue weighted by Gasteiger charge is 2.33. The molecule has 0 unspecified atom stereocenters. The number of H-pyrrole nitrogens is 1. The van der Waals surface area contributed by atoms with Gasteiger partial charge in [0.25, 0.3) is 0 Å². The fraction of sp³-hybridized carbons (Fsp3) is 0.273. The topological polar surface area (TPSA) is 95.6 Å². The smallest absolute Gasteiger partial charge is 0.337 e. The van der Waals surface area contributed by atoms with Crippen LogP contribution in [0, 0.1) is 0 Å². The van der Waals surface area contributed by atoms with E-state index in [4.69, 9.17) is 0 Å². The Bertz CT molecular complexity index is 598. The van der Waals surface area contributed by atoms with Crippen molar-refractivity contribution in [1.29, 1.82) is 0 Å². The molecule has 1 heterocycles. The van der Waals surface area contributed by atoms with Gasteiger partial charge in [-0.05, 0) is 12.1 Å². The molecule has 1 aromatic heterocycles. The van der Waals surface area contributed by atoms with Gasteiger partial charge in [-0.1, -0.05) is 17.3 Å². The van der Waals surface area contributed by atoms with E-state index in [9.17, 15) is 18.0 Å². The third kappa shape index (κ3) is 4.16. The number of carbonyl (C=O) groups is 1. The molecular weight excluding hydrogens is 289 g/mol. The first-order chi connectivity index (χ1) is 9.97. The van der Waals surface area contributed by atoms with Crippen LogP contribution in [0.3, 0.4) is 0 Å². The Morgan fingerprint density at radius 1 is 1.29 bits per heavy atom. The molecule has 0 bridgehead atoms. The molecule has 0 spiro atoms. The molecule has 0 saturated heterocycles. The van der Waals surface area contributed by atoms with E-state index in [1.807, 2.05) is 0 Å². The van der Waals surface area contributed by atoms with Crippen molar-refractivity contribution < 1.29 is 18.0 Å². The minimum absolute atomic E-state index is 0.166. The lowest BCUT2D eigenvalue weighted by Gasteiger charge is -2.13. The highest BCUT2D eigenvalue weighted by Crippen LogP contribution is 2.34. The van der Waals surface area contributed by atoms with Gasteiger partial charge in [0.05, 0.1) is 11.3 Å². The monoisotopic (exact) mass is 300 g/mol. The third-order valence-corrected chi connectivity index (χ3v) is 2.50. The van der Waals surface area contributed by atoms with Crippen LogP contribution in [-0.4, -0.2) is 33.2 Å². The predicted molar refractivity (Wildman–Crippen MR) is 66.3 cm³/mol. The number of para-hydroxylation sites is 1. The number of aromatic amines is 1. The molecule has 2 amide bonds. The Labute approximate surface area is 116 Å². The van der Waals surface area contributed by atoms with Crippen molar-refractivity contribution in [2.24, 2.45) is 0 Å². The number of hydrogen-bond donors (Lipinski definition) is 3. The number of amides is 2. The van der Waals surface area contributed by atoms with Crippen molar-refractivity contribution in [1.82, 2.24) is 25.9 Å². The number of carbonyl (C=O) groups excluding carboxylic acids is 1. The zero-order valence-electron chi connectivity index (χ0n) is 10.6. The molecule has 10 heteroatoms. The van der Waals surface area contributed by atoms with Crippen LogP contribution in [-0.2, 0) is 12.6 Å². The number of nitrogens with one attached hydrogen (secondary N) is 3. The number of benzene rings is 1. The fourth-order valence-corrected chi connectivity index (χ4v) is 1.58.